The molecule has 0 aliphatic rings. The molecule has 1 aromatic carbocycles. The number of aryl methyl sites for hydroxylation is 1. The SMILES string of the molecule is NC(=O)CCc1nc(Cc2ccccc2Cl)no1. The Kier molecular flexibility index (Phi) is 3.94. The Balaban J connectivity index is 2.02. The monoisotopic (exact) mass is 265 g/mol. The maximum absolute atomic E-state index is 10.6. The number of nitrogens with two attached hydrogens (primary N) is 1. The van der Waals surface area contributed by atoms with Gasteiger partial charge in [0, 0.05) is 24.3 Å². The van der Waals surface area contributed by atoms with E-state index < -0.39 is 0 Å². The van der Waals surface area contributed by atoms with Crippen LogP contribution < -0.4 is 5.73 Å². The summed E-state index contributed by atoms with van der Waals surface area (Å²) in [6.45, 7) is 0. The van der Waals surface area contributed by atoms with Crippen LogP contribution in [0.3, 0.4) is 0 Å². The molecule has 18 heavy (non-hydrogen) atoms. The molecular formula is C12H12ClN3O2. The van der Waals surface area contributed by atoms with Gasteiger partial charge < -0.3 is 10.3 Å². The number of rotatable bonds is 5. The molecule has 94 valence electrons. The molecule has 0 aliphatic carbocycles. The van der Waals surface area contributed by atoms with E-state index in [-0.39, 0.29) is 12.3 Å². The largest absolute Gasteiger partial charge is 0.370 e. The average Bonchev–Trinajstić information content (AvgIpc) is 2.77. The van der Waals surface area contributed by atoms with Gasteiger partial charge in [-0.05, 0) is 11.6 Å². The number of carbonyl (C=O) groups is 1. The van der Waals surface area contributed by atoms with Gasteiger partial charge in [0.25, 0.3) is 0 Å². The van der Waals surface area contributed by atoms with E-state index in [4.69, 9.17) is 21.9 Å². The van der Waals surface area contributed by atoms with E-state index in [1.165, 1.54) is 0 Å². The maximum Gasteiger partial charge on any atom is 0.227 e. The first-order valence-electron chi connectivity index (χ1n) is 5.48. The molecule has 1 aromatic heterocycles. The van der Waals surface area contributed by atoms with Crippen LogP contribution in [0.25, 0.3) is 0 Å². The van der Waals surface area contributed by atoms with E-state index in [9.17, 15) is 4.79 Å². The van der Waals surface area contributed by atoms with Crippen LogP contribution in [0.15, 0.2) is 28.8 Å². The van der Waals surface area contributed by atoms with Crippen LogP contribution in [0.1, 0.15) is 23.7 Å². The number of amides is 1. The first-order valence-corrected chi connectivity index (χ1v) is 5.86. The molecule has 6 heteroatoms. The van der Waals surface area contributed by atoms with Crippen molar-refractivity contribution in [2.75, 3.05) is 0 Å². The van der Waals surface area contributed by atoms with E-state index in [0.717, 1.165) is 5.56 Å². The minimum Gasteiger partial charge on any atom is -0.370 e. The number of hydrogen-bond donors (Lipinski definition) is 1. The number of hydrogen-bond acceptors (Lipinski definition) is 4. The van der Waals surface area contributed by atoms with Gasteiger partial charge in [-0.2, -0.15) is 4.98 Å². The van der Waals surface area contributed by atoms with Crippen molar-refractivity contribution >= 4 is 17.5 Å². The lowest BCUT2D eigenvalue weighted by Gasteiger charge is -1.98. The lowest BCUT2D eigenvalue weighted by atomic mass is 10.1. The predicted octanol–water partition coefficient (Wildman–Crippen LogP) is 1.73. The summed E-state index contributed by atoms with van der Waals surface area (Å²) in [5, 5.41) is 4.50. The molecule has 0 spiro atoms. The molecule has 2 rings (SSSR count). The maximum atomic E-state index is 10.6. The van der Waals surface area contributed by atoms with E-state index in [2.05, 4.69) is 10.1 Å². The van der Waals surface area contributed by atoms with Crippen LogP contribution in [-0.2, 0) is 17.6 Å². The third-order valence-electron chi connectivity index (χ3n) is 2.40. The van der Waals surface area contributed by atoms with E-state index in [0.29, 0.717) is 29.6 Å². The Morgan fingerprint density at radius 1 is 1.39 bits per heavy atom. The molecule has 2 N–H and O–H groups in total. The smallest absolute Gasteiger partial charge is 0.227 e. The molecule has 2 aromatic rings. The molecule has 0 radical (unpaired) electrons. The summed E-state index contributed by atoms with van der Waals surface area (Å²) in [4.78, 5) is 14.8. The van der Waals surface area contributed by atoms with Gasteiger partial charge in [0.2, 0.25) is 11.8 Å². The van der Waals surface area contributed by atoms with Crippen LogP contribution in [0, 0.1) is 0 Å². The van der Waals surface area contributed by atoms with E-state index >= 15 is 0 Å². The summed E-state index contributed by atoms with van der Waals surface area (Å²) in [5.74, 6) is 0.569. The van der Waals surface area contributed by atoms with Crippen LogP contribution in [0.2, 0.25) is 5.02 Å². The topological polar surface area (TPSA) is 82.0 Å². The minimum absolute atomic E-state index is 0.202. The van der Waals surface area contributed by atoms with Crippen molar-refractivity contribution in [2.24, 2.45) is 5.73 Å². The van der Waals surface area contributed by atoms with Gasteiger partial charge >= 0.3 is 0 Å². The third kappa shape index (κ3) is 3.30. The molecule has 0 aliphatic heterocycles. The van der Waals surface area contributed by atoms with Crippen molar-refractivity contribution in [1.82, 2.24) is 10.1 Å². The van der Waals surface area contributed by atoms with E-state index in [1.807, 2.05) is 24.3 Å². The lowest BCUT2D eigenvalue weighted by Crippen LogP contribution is -2.11. The quantitative estimate of drug-likeness (QED) is 0.893. The highest BCUT2D eigenvalue weighted by Gasteiger charge is 2.09. The van der Waals surface area contributed by atoms with Crippen molar-refractivity contribution in [3.63, 3.8) is 0 Å². The average molecular weight is 266 g/mol. The van der Waals surface area contributed by atoms with Gasteiger partial charge in [-0.1, -0.05) is 35.0 Å². The number of halogens is 1. The van der Waals surface area contributed by atoms with Gasteiger partial charge in [-0.15, -0.1) is 0 Å². The van der Waals surface area contributed by atoms with Crippen molar-refractivity contribution in [3.8, 4) is 0 Å². The van der Waals surface area contributed by atoms with Crippen molar-refractivity contribution in [1.29, 1.82) is 0 Å². The summed E-state index contributed by atoms with van der Waals surface area (Å²) >= 11 is 6.04. The fourth-order valence-corrected chi connectivity index (χ4v) is 1.71. The second kappa shape index (κ2) is 5.64. The van der Waals surface area contributed by atoms with Gasteiger partial charge in [0.15, 0.2) is 5.82 Å². The molecule has 5 nitrogen and oxygen atoms in total. The zero-order valence-corrected chi connectivity index (χ0v) is 10.4. The number of primary amides is 1. The summed E-state index contributed by atoms with van der Waals surface area (Å²) in [6.07, 6.45) is 1.07. The number of nitrogens with zero attached hydrogens (tertiary/aromatic N) is 2. The molecule has 1 heterocycles. The normalized spacial score (nSPS) is 10.5. The van der Waals surface area contributed by atoms with Crippen LogP contribution in [-0.4, -0.2) is 16.0 Å². The predicted molar refractivity (Wildman–Crippen MR) is 66.1 cm³/mol. The summed E-state index contributed by atoms with van der Waals surface area (Å²) < 4.78 is 5.02. The Bertz CT molecular complexity index is 554. The Morgan fingerprint density at radius 2 is 2.17 bits per heavy atom. The fraction of sp³-hybridized carbons (Fsp3) is 0.250. The van der Waals surface area contributed by atoms with Gasteiger partial charge in [0.1, 0.15) is 0 Å². The molecule has 0 saturated heterocycles. The summed E-state index contributed by atoms with van der Waals surface area (Å²) in [7, 11) is 0. The highest BCUT2D eigenvalue weighted by molar-refractivity contribution is 6.31. The van der Waals surface area contributed by atoms with Crippen LogP contribution in [0.4, 0.5) is 0 Å². The molecule has 0 atom stereocenters. The zero-order valence-electron chi connectivity index (χ0n) is 9.60. The number of aromatic nitrogens is 2. The lowest BCUT2D eigenvalue weighted by molar-refractivity contribution is -0.118. The van der Waals surface area contributed by atoms with Gasteiger partial charge in [-0.3, -0.25) is 4.79 Å². The Morgan fingerprint density at radius 3 is 2.89 bits per heavy atom. The second-order valence-corrected chi connectivity index (χ2v) is 4.25. The molecule has 0 unspecified atom stereocenters. The van der Waals surface area contributed by atoms with Crippen molar-refractivity contribution in [3.05, 3.63) is 46.6 Å². The highest BCUT2D eigenvalue weighted by Crippen LogP contribution is 2.17. The van der Waals surface area contributed by atoms with Crippen LogP contribution >= 0.6 is 11.6 Å². The first kappa shape index (κ1) is 12.6. The zero-order chi connectivity index (χ0) is 13.0. The minimum atomic E-state index is -0.388. The molecule has 0 bridgehead atoms. The van der Waals surface area contributed by atoms with Crippen LogP contribution in [0.5, 0.6) is 0 Å². The standard InChI is InChI=1S/C12H12ClN3O2/c13-9-4-2-1-3-8(9)7-11-15-12(18-16-11)6-5-10(14)17/h1-4H,5-7H2,(H2,14,17). The summed E-state index contributed by atoms with van der Waals surface area (Å²) in [6, 6.07) is 7.47. The second-order valence-electron chi connectivity index (χ2n) is 3.84. The fourth-order valence-electron chi connectivity index (χ4n) is 1.51. The molecular weight excluding hydrogens is 254 g/mol. The number of carbonyl (C=O) groups excluding carboxylic acids is 1. The molecule has 0 fully saturated rings. The Labute approximate surface area is 109 Å². The van der Waals surface area contributed by atoms with Gasteiger partial charge in [0.05, 0.1) is 0 Å². The Hall–Kier alpha value is -1.88. The molecule has 0 saturated carbocycles. The van der Waals surface area contributed by atoms with Gasteiger partial charge in [-0.25, -0.2) is 0 Å². The van der Waals surface area contributed by atoms with Crippen molar-refractivity contribution in [2.45, 2.75) is 19.3 Å². The van der Waals surface area contributed by atoms with E-state index in [1.54, 1.807) is 0 Å². The summed E-state index contributed by atoms with van der Waals surface area (Å²) in [5.41, 5.74) is 5.98. The molecule has 1 amide bonds. The van der Waals surface area contributed by atoms with Crippen molar-refractivity contribution < 1.29 is 9.32 Å². The first-order chi connectivity index (χ1) is 8.65. The third-order valence-corrected chi connectivity index (χ3v) is 2.77. The number of benzene rings is 1. The highest BCUT2D eigenvalue weighted by atomic mass is 35.5.